The molecule has 0 aromatic rings. The van der Waals surface area contributed by atoms with Crippen molar-refractivity contribution in [3.8, 4) is 0 Å². The zero-order chi connectivity index (χ0) is 11.8. The summed E-state index contributed by atoms with van der Waals surface area (Å²) in [7, 11) is 0. The van der Waals surface area contributed by atoms with Crippen LogP contribution < -0.4 is 5.32 Å². The number of rotatable bonds is 5. The summed E-state index contributed by atoms with van der Waals surface area (Å²) in [6.45, 7) is 5.49. The Morgan fingerprint density at radius 2 is 1.88 bits per heavy atom. The minimum atomic E-state index is -0.0902. The van der Waals surface area contributed by atoms with Crippen LogP contribution in [0.1, 0.15) is 52.4 Å². The first kappa shape index (κ1) is 13.5. The Labute approximate surface area is 98.9 Å². The van der Waals surface area contributed by atoms with Gasteiger partial charge < -0.3 is 10.1 Å². The molecule has 1 N–H and O–H groups in total. The Kier molecular flexibility index (Phi) is 6.46. The zero-order valence-electron chi connectivity index (χ0n) is 10.6. The van der Waals surface area contributed by atoms with E-state index in [2.05, 4.69) is 19.2 Å². The molecule has 0 aromatic carbocycles. The van der Waals surface area contributed by atoms with Crippen molar-refractivity contribution in [3.63, 3.8) is 0 Å². The summed E-state index contributed by atoms with van der Waals surface area (Å²) in [6, 6.07) is 0. The van der Waals surface area contributed by atoms with E-state index in [-0.39, 0.29) is 12.1 Å². The summed E-state index contributed by atoms with van der Waals surface area (Å²) < 4.78 is 5.45. The van der Waals surface area contributed by atoms with Crippen molar-refractivity contribution >= 4 is 5.97 Å². The molecule has 0 heterocycles. The molecule has 1 aliphatic rings. The highest BCUT2D eigenvalue weighted by atomic mass is 16.5. The van der Waals surface area contributed by atoms with Crippen molar-refractivity contribution in [1.82, 2.24) is 5.32 Å². The predicted octanol–water partition coefficient (Wildman–Crippen LogP) is 2.50. The van der Waals surface area contributed by atoms with Gasteiger partial charge in [0.05, 0.1) is 6.54 Å². The number of nitrogens with one attached hydrogen (secondary N) is 1. The monoisotopic (exact) mass is 227 g/mol. The normalized spacial score (nSPS) is 18.4. The fourth-order valence-electron chi connectivity index (χ4n) is 2.05. The number of hydrogen-bond acceptors (Lipinski definition) is 3. The van der Waals surface area contributed by atoms with Gasteiger partial charge in [-0.25, -0.2) is 0 Å². The van der Waals surface area contributed by atoms with E-state index < -0.39 is 0 Å². The maximum Gasteiger partial charge on any atom is 0.320 e. The van der Waals surface area contributed by atoms with Crippen LogP contribution in [0.4, 0.5) is 0 Å². The quantitative estimate of drug-likeness (QED) is 0.579. The largest absolute Gasteiger partial charge is 0.461 e. The van der Waals surface area contributed by atoms with Gasteiger partial charge >= 0.3 is 5.97 Å². The summed E-state index contributed by atoms with van der Waals surface area (Å²) >= 11 is 0. The fraction of sp³-hybridized carbons (Fsp3) is 0.923. The second kappa shape index (κ2) is 7.66. The Morgan fingerprint density at radius 1 is 1.25 bits per heavy atom. The molecule has 0 amide bonds. The van der Waals surface area contributed by atoms with Gasteiger partial charge in [0.15, 0.2) is 0 Å². The van der Waals surface area contributed by atoms with Gasteiger partial charge in [-0.1, -0.05) is 26.7 Å². The van der Waals surface area contributed by atoms with E-state index in [0.29, 0.717) is 12.5 Å². The van der Waals surface area contributed by atoms with Gasteiger partial charge in [-0.2, -0.15) is 0 Å². The lowest BCUT2D eigenvalue weighted by molar-refractivity contribution is -0.148. The van der Waals surface area contributed by atoms with Gasteiger partial charge in [-0.3, -0.25) is 4.79 Å². The maximum atomic E-state index is 11.5. The number of ether oxygens (including phenoxy) is 1. The van der Waals surface area contributed by atoms with Crippen molar-refractivity contribution in [2.24, 2.45) is 5.92 Å². The molecule has 0 atom stereocenters. The lowest BCUT2D eigenvalue weighted by Crippen LogP contribution is -2.30. The molecule has 0 aliphatic heterocycles. The molecule has 16 heavy (non-hydrogen) atoms. The van der Waals surface area contributed by atoms with Crippen LogP contribution in [-0.4, -0.2) is 25.2 Å². The van der Waals surface area contributed by atoms with Crippen molar-refractivity contribution in [1.29, 1.82) is 0 Å². The molecular formula is C13H25NO2. The molecule has 3 nitrogen and oxygen atoms in total. The highest BCUT2D eigenvalue weighted by Gasteiger charge is 2.16. The van der Waals surface area contributed by atoms with Gasteiger partial charge in [0.25, 0.3) is 0 Å². The first-order valence-electron chi connectivity index (χ1n) is 6.58. The first-order chi connectivity index (χ1) is 7.68. The molecular weight excluding hydrogens is 202 g/mol. The third kappa shape index (κ3) is 6.11. The smallest absolute Gasteiger partial charge is 0.320 e. The van der Waals surface area contributed by atoms with Crippen LogP contribution in [0.25, 0.3) is 0 Å². The van der Waals surface area contributed by atoms with E-state index in [4.69, 9.17) is 4.74 Å². The second-order valence-electron chi connectivity index (χ2n) is 5.13. The van der Waals surface area contributed by atoms with E-state index in [1.165, 1.54) is 25.7 Å². The zero-order valence-corrected chi connectivity index (χ0v) is 10.6. The van der Waals surface area contributed by atoms with Crippen molar-refractivity contribution in [2.75, 3.05) is 13.1 Å². The van der Waals surface area contributed by atoms with Crippen LogP contribution >= 0.6 is 0 Å². The average Bonchev–Trinajstić information content (AvgIpc) is 2.45. The van der Waals surface area contributed by atoms with Crippen molar-refractivity contribution in [2.45, 2.75) is 58.5 Å². The van der Waals surface area contributed by atoms with Crippen molar-refractivity contribution < 1.29 is 9.53 Å². The molecule has 3 heteroatoms. The van der Waals surface area contributed by atoms with E-state index in [0.717, 1.165) is 19.4 Å². The molecule has 1 saturated carbocycles. The Hall–Kier alpha value is -0.570. The lowest BCUT2D eigenvalue weighted by Gasteiger charge is -2.15. The predicted molar refractivity (Wildman–Crippen MR) is 65.3 cm³/mol. The Balaban J connectivity index is 2.12. The molecule has 0 radical (unpaired) electrons. The third-order valence-corrected chi connectivity index (χ3v) is 2.92. The van der Waals surface area contributed by atoms with Crippen molar-refractivity contribution in [3.05, 3.63) is 0 Å². The highest BCUT2D eigenvalue weighted by molar-refractivity contribution is 5.71. The third-order valence-electron chi connectivity index (χ3n) is 2.92. The molecule has 1 rings (SSSR count). The highest BCUT2D eigenvalue weighted by Crippen LogP contribution is 2.19. The minimum Gasteiger partial charge on any atom is -0.461 e. The van der Waals surface area contributed by atoms with E-state index in [1.807, 2.05) is 0 Å². The number of hydrogen-bond donors (Lipinski definition) is 1. The van der Waals surface area contributed by atoms with Gasteiger partial charge in [-0.15, -0.1) is 0 Å². The Bertz CT molecular complexity index is 196. The fourth-order valence-corrected chi connectivity index (χ4v) is 2.05. The average molecular weight is 227 g/mol. The van der Waals surface area contributed by atoms with E-state index in [9.17, 15) is 4.79 Å². The molecule has 0 saturated heterocycles. The maximum absolute atomic E-state index is 11.5. The summed E-state index contributed by atoms with van der Waals surface area (Å²) in [4.78, 5) is 11.5. The first-order valence-corrected chi connectivity index (χ1v) is 6.58. The molecule has 94 valence electrons. The molecule has 0 unspecified atom stereocenters. The van der Waals surface area contributed by atoms with Gasteiger partial charge in [-0.05, 0) is 38.1 Å². The molecule has 0 bridgehead atoms. The van der Waals surface area contributed by atoms with Gasteiger partial charge in [0.1, 0.15) is 6.10 Å². The van der Waals surface area contributed by atoms with Crippen LogP contribution in [0.5, 0.6) is 0 Å². The van der Waals surface area contributed by atoms with Crippen LogP contribution in [-0.2, 0) is 9.53 Å². The standard InChI is InChI=1S/C13H25NO2/c1-11(2)9-14-10-13(15)16-12-7-5-3-4-6-8-12/h11-12,14H,3-10H2,1-2H3. The molecule has 0 spiro atoms. The number of carbonyl (C=O) groups excluding carboxylic acids is 1. The summed E-state index contributed by atoms with van der Waals surface area (Å²) in [5.74, 6) is 0.484. The number of esters is 1. The molecule has 1 aliphatic carbocycles. The van der Waals surface area contributed by atoms with E-state index >= 15 is 0 Å². The topological polar surface area (TPSA) is 38.3 Å². The summed E-state index contributed by atoms with van der Waals surface area (Å²) in [6.07, 6.45) is 7.27. The number of carbonyl (C=O) groups is 1. The summed E-state index contributed by atoms with van der Waals surface area (Å²) in [5, 5.41) is 3.12. The molecule has 0 aromatic heterocycles. The van der Waals surface area contributed by atoms with Crippen LogP contribution in [0.15, 0.2) is 0 Å². The Morgan fingerprint density at radius 3 is 2.44 bits per heavy atom. The second-order valence-corrected chi connectivity index (χ2v) is 5.13. The lowest BCUT2D eigenvalue weighted by atomic mass is 10.1. The summed E-state index contributed by atoms with van der Waals surface area (Å²) in [5.41, 5.74) is 0. The van der Waals surface area contributed by atoms with Crippen LogP contribution in [0.2, 0.25) is 0 Å². The van der Waals surface area contributed by atoms with Gasteiger partial charge in [0.2, 0.25) is 0 Å². The molecule has 1 fully saturated rings. The minimum absolute atomic E-state index is 0.0902. The SMILES string of the molecule is CC(C)CNCC(=O)OC1CCCCCC1. The van der Waals surface area contributed by atoms with Crippen LogP contribution in [0, 0.1) is 5.92 Å². The van der Waals surface area contributed by atoms with E-state index in [1.54, 1.807) is 0 Å². The van der Waals surface area contributed by atoms with Crippen LogP contribution in [0.3, 0.4) is 0 Å². The van der Waals surface area contributed by atoms with Gasteiger partial charge in [0, 0.05) is 0 Å².